The molecular formula is C13H16O. The van der Waals surface area contributed by atoms with Gasteiger partial charge in [-0.15, -0.1) is 0 Å². The predicted octanol–water partition coefficient (Wildman–Crippen LogP) is 2.45. The van der Waals surface area contributed by atoms with Gasteiger partial charge in [0.15, 0.2) is 0 Å². The van der Waals surface area contributed by atoms with E-state index >= 15 is 0 Å². The first-order valence-corrected chi connectivity index (χ1v) is 4.98. The predicted molar refractivity (Wildman–Crippen MR) is 58.8 cm³/mol. The van der Waals surface area contributed by atoms with Crippen LogP contribution >= 0.6 is 0 Å². The fraction of sp³-hybridized carbons (Fsp3) is 0.385. The first-order chi connectivity index (χ1) is 6.74. The SMILES string of the molecule is CC[C@@H](C)[C@@H](O)C#Cc1ccccc1. The van der Waals surface area contributed by atoms with Gasteiger partial charge in [-0.2, -0.15) is 0 Å². The van der Waals surface area contributed by atoms with Crippen molar-refractivity contribution >= 4 is 0 Å². The molecule has 0 spiro atoms. The second kappa shape index (κ2) is 5.47. The summed E-state index contributed by atoms with van der Waals surface area (Å²) in [6.45, 7) is 4.06. The average molecular weight is 188 g/mol. The number of hydrogen-bond donors (Lipinski definition) is 1. The summed E-state index contributed by atoms with van der Waals surface area (Å²) in [5.41, 5.74) is 0.954. The zero-order valence-electron chi connectivity index (χ0n) is 8.70. The molecule has 1 rings (SSSR count). The highest BCUT2D eigenvalue weighted by Crippen LogP contribution is 2.06. The summed E-state index contributed by atoms with van der Waals surface area (Å²) >= 11 is 0. The number of aliphatic hydroxyl groups excluding tert-OH is 1. The molecule has 1 aromatic carbocycles. The fourth-order valence-electron chi connectivity index (χ4n) is 1.04. The van der Waals surface area contributed by atoms with E-state index in [1.807, 2.05) is 37.3 Å². The molecule has 0 fully saturated rings. The summed E-state index contributed by atoms with van der Waals surface area (Å²) in [6.07, 6.45) is 0.435. The van der Waals surface area contributed by atoms with Gasteiger partial charge in [0.05, 0.1) is 0 Å². The maximum atomic E-state index is 9.61. The smallest absolute Gasteiger partial charge is 0.117 e. The van der Waals surface area contributed by atoms with Gasteiger partial charge >= 0.3 is 0 Å². The Bertz CT molecular complexity index is 318. The molecule has 0 heterocycles. The Labute approximate surface area is 85.8 Å². The van der Waals surface area contributed by atoms with Crippen molar-refractivity contribution in [3.8, 4) is 11.8 Å². The van der Waals surface area contributed by atoms with Gasteiger partial charge in [-0.3, -0.25) is 0 Å². The highest BCUT2D eigenvalue weighted by Gasteiger charge is 2.07. The second-order valence-electron chi connectivity index (χ2n) is 3.47. The maximum absolute atomic E-state index is 9.61. The molecule has 1 aromatic rings. The molecule has 0 aliphatic rings. The Morgan fingerprint density at radius 3 is 2.50 bits per heavy atom. The van der Waals surface area contributed by atoms with Gasteiger partial charge in [0, 0.05) is 5.56 Å². The monoisotopic (exact) mass is 188 g/mol. The molecule has 0 aromatic heterocycles. The van der Waals surface area contributed by atoms with Gasteiger partial charge in [-0.1, -0.05) is 50.3 Å². The summed E-state index contributed by atoms with van der Waals surface area (Å²) in [7, 11) is 0. The van der Waals surface area contributed by atoms with Crippen LogP contribution in [0.15, 0.2) is 30.3 Å². The van der Waals surface area contributed by atoms with E-state index in [-0.39, 0.29) is 5.92 Å². The van der Waals surface area contributed by atoms with Gasteiger partial charge in [0.25, 0.3) is 0 Å². The lowest BCUT2D eigenvalue weighted by molar-refractivity contribution is 0.169. The van der Waals surface area contributed by atoms with Gasteiger partial charge in [0.2, 0.25) is 0 Å². The molecule has 0 unspecified atom stereocenters. The summed E-state index contributed by atoms with van der Waals surface area (Å²) in [5, 5.41) is 9.61. The molecule has 0 saturated heterocycles. The Kier molecular flexibility index (Phi) is 4.22. The van der Waals surface area contributed by atoms with Crippen molar-refractivity contribution in [2.75, 3.05) is 0 Å². The Hall–Kier alpha value is -1.26. The van der Waals surface area contributed by atoms with Crippen LogP contribution in [0, 0.1) is 17.8 Å². The number of aliphatic hydroxyl groups is 1. The topological polar surface area (TPSA) is 20.2 Å². The molecule has 0 aliphatic carbocycles. The number of hydrogen-bond acceptors (Lipinski definition) is 1. The van der Waals surface area contributed by atoms with Gasteiger partial charge in [0.1, 0.15) is 6.10 Å². The highest BCUT2D eigenvalue weighted by molar-refractivity contribution is 5.34. The molecule has 14 heavy (non-hydrogen) atoms. The zero-order valence-corrected chi connectivity index (χ0v) is 8.70. The van der Waals surface area contributed by atoms with Crippen LogP contribution in [0.2, 0.25) is 0 Å². The summed E-state index contributed by atoms with van der Waals surface area (Å²) in [5.74, 6) is 6.06. The van der Waals surface area contributed by atoms with E-state index in [2.05, 4.69) is 18.8 Å². The molecule has 74 valence electrons. The Balaban J connectivity index is 2.64. The largest absolute Gasteiger partial charge is 0.380 e. The van der Waals surface area contributed by atoms with Crippen LogP contribution in [0.4, 0.5) is 0 Å². The lowest BCUT2D eigenvalue weighted by Crippen LogP contribution is -2.13. The van der Waals surface area contributed by atoms with Crippen LogP contribution in [-0.4, -0.2) is 11.2 Å². The molecule has 0 amide bonds. The van der Waals surface area contributed by atoms with Crippen molar-refractivity contribution in [1.82, 2.24) is 0 Å². The van der Waals surface area contributed by atoms with E-state index in [0.717, 1.165) is 12.0 Å². The van der Waals surface area contributed by atoms with Crippen molar-refractivity contribution in [2.45, 2.75) is 26.4 Å². The number of rotatable bonds is 2. The van der Waals surface area contributed by atoms with Crippen LogP contribution in [0.25, 0.3) is 0 Å². The molecule has 2 atom stereocenters. The fourth-order valence-corrected chi connectivity index (χ4v) is 1.04. The molecule has 1 N–H and O–H groups in total. The van der Waals surface area contributed by atoms with Crippen molar-refractivity contribution < 1.29 is 5.11 Å². The molecule has 0 bridgehead atoms. The number of benzene rings is 1. The first-order valence-electron chi connectivity index (χ1n) is 4.98. The van der Waals surface area contributed by atoms with E-state index in [4.69, 9.17) is 0 Å². The van der Waals surface area contributed by atoms with Crippen LogP contribution in [0.5, 0.6) is 0 Å². The van der Waals surface area contributed by atoms with Gasteiger partial charge in [-0.25, -0.2) is 0 Å². The molecule has 0 aliphatic heterocycles. The van der Waals surface area contributed by atoms with Crippen LogP contribution in [0.1, 0.15) is 25.8 Å². The molecular weight excluding hydrogens is 172 g/mol. The van der Waals surface area contributed by atoms with E-state index in [0.29, 0.717) is 0 Å². The third kappa shape index (κ3) is 3.24. The summed E-state index contributed by atoms with van der Waals surface area (Å²) in [6, 6.07) is 9.72. The quantitative estimate of drug-likeness (QED) is 0.707. The van der Waals surface area contributed by atoms with Crippen molar-refractivity contribution in [1.29, 1.82) is 0 Å². The van der Waals surface area contributed by atoms with Crippen molar-refractivity contribution in [2.24, 2.45) is 5.92 Å². The maximum Gasteiger partial charge on any atom is 0.117 e. The Morgan fingerprint density at radius 2 is 1.93 bits per heavy atom. The van der Waals surface area contributed by atoms with E-state index in [9.17, 15) is 5.11 Å². The minimum atomic E-state index is -0.514. The lowest BCUT2D eigenvalue weighted by Gasteiger charge is -2.09. The van der Waals surface area contributed by atoms with Crippen LogP contribution in [-0.2, 0) is 0 Å². The van der Waals surface area contributed by atoms with Gasteiger partial charge in [-0.05, 0) is 18.1 Å². The molecule has 1 heteroatoms. The van der Waals surface area contributed by atoms with E-state index in [1.165, 1.54) is 0 Å². The highest BCUT2D eigenvalue weighted by atomic mass is 16.3. The lowest BCUT2D eigenvalue weighted by atomic mass is 10.0. The van der Waals surface area contributed by atoms with Crippen molar-refractivity contribution in [3.05, 3.63) is 35.9 Å². The average Bonchev–Trinajstić information content (AvgIpc) is 2.26. The second-order valence-corrected chi connectivity index (χ2v) is 3.47. The zero-order chi connectivity index (χ0) is 10.4. The normalized spacial score (nSPS) is 13.9. The minimum Gasteiger partial charge on any atom is -0.380 e. The van der Waals surface area contributed by atoms with E-state index in [1.54, 1.807) is 0 Å². The van der Waals surface area contributed by atoms with Gasteiger partial charge < -0.3 is 5.11 Å². The summed E-state index contributed by atoms with van der Waals surface area (Å²) < 4.78 is 0. The summed E-state index contributed by atoms with van der Waals surface area (Å²) in [4.78, 5) is 0. The van der Waals surface area contributed by atoms with E-state index < -0.39 is 6.10 Å². The molecule has 0 saturated carbocycles. The standard InChI is InChI=1S/C13H16O/c1-3-11(2)13(14)10-9-12-7-5-4-6-8-12/h4-8,11,13-14H,3H2,1-2H3/t11-,13+/m1/s1. The molecule has 1 nitrogen and oxygen atoms in total. The molecule has 0 radical (unpaired) electrons. The first kappa shape index (κ1) is 10.8. The third-order valence-corrected chi connectivity index (χ3v) is 2.32. The van der Waals surface area contributed by atoms with Crippen LogP contribution < -0.4 is 0 Å². The third-order valence-electron chi connectivity index (χ3n) is 2.32. The van der Waals surface area contributed by atoms with Crippen molar-refractivity contribution in [3.63, 3.8) is 0 Å². The Morgan fingerprint density at radius 1 is 1.29 bits per heavy atom. The van der Waals surface area contributed by atoms with Crippen LogP contribution in [0.3, 0.4) is 0 Å². The minimum absolute atomic E-state index is 0.242.